The molecule has 0 spiro atoms. The molecule has 0 amide bonds. The van der Waals surface area contributed by atoms with E-state index in [1.165, 1.54) is 13.3 Å². The summed E-state index contributed by atoms with van der Waals surface area (Å²) in [5.41, 5.74) is 0.187. The second-order valence-electron chi connectivity index (χ2n) is 4.14. The summed E-state index contributed by atoms with van der Waals surface area (Å²) < 4.78 is 10.4. The number of aliphatic carboxylic acids is 1. The molecule has 0 fully saturated rings. The van der Waals surface area contributed by atoms with Gasteiger partial charge in [0.1, 0.15) is 11.3 Å². The lowest BCUT2D eigenvalue weighted by Crippen LogP contribution is -2.03. The summed E-state index contributed by atoms with van der Waals surface area (Å²) >= 11 is 11.8. The maximum Gasteiger partial charge on any atom is 0.339 e. The molecule has 2 aromatic rings. The van der Waals surface area contributed by atoms with Gasteiger partial charge in [0.25, 0.3) is 0 Å². The second-order valence-corrected chi connectivity index (χ2v) is 5.01. The fourth-order valence-corrected chi connectivity index (χ4v) is 2.23. The van der Waals surface area contributed by atoms with Crippen molar-refractivity contribution in [1.82, 2.24) is 4.98 Å². The van der Waals surface area contributed by atoms with E-state index < -0.39 is 5.97 Å². The Morgan fingerprint density at radius 2 is 1.95 bits per heavy atom. The summed E-state index contributed by atoms with van der Waals surface area (Å²) in [5, 5.41) is 10.1. The van der Waals surface area contributed by atoms with Gasteiger partial charge in [-0.05, 0) is 30.3 Å². The molecule has 0 atom stereocenters. The van der Waals surface area contributed by atoms with Crippen LogP contribution in [0.15, 0.2) is 42.8 Å². The molecule has 7 heteroatoms. The van der Waals surface area contributed by atoms with E-state index in [1.807, 2.05) is 0 Å². The van der Waals surface area contributed by atoms with E-state index in [1.54, 1.807) is 30.3 Å². The van der Waals surface area contributed by atoms with Crippen LogP contribution in [0.3, 0.4) is 0 Å². The molecule has 0 unspecified atom stereocenters. The van der Waals surface area contributed by atoms with E-state index in [0.717, 1.165) is 6.26 Å². The molecule has 5 nitrogen and oxygen atoms in total. The van der Waals surface area contributed by atoms with Crippen LogP contribution < -0.4 is 4.74 Å². The minimum absolute atomic E-state index is 0.0845. The predicted molar refractivity (Wildman–Crippen MR) is 83.4 cm³/mol. The molecule has 0 saturated heterocycles. The maximum atomic E-state index is 11.3. The van der Waals surface area contributed by atoms with E-state index in [0.29, 0.717) is 15.8 Å². The third-order valence-electron chi connectivity index (χ3n) is 2.58. The van der Waals surface area contributed by atoms with E-state index in [9.17, 15) is 9.90 Å². The highest BCUT2D eigenvalue weighted by molar-refractivity contribution is 6.34. The van der Waals surface area contributed by atoms with Crippen molar-refractivity contribution in [3.05, 3.63) is 58.4 Å². The Morgan fingerprint density at radius 3 is 2.55 bits per heavy atom. The Labute approximate surface area is 136 Å². The van der Waals surface area contributed by atoms with Crippen LogP contribution in [0.4, 0.5) is 0 Å². The number of hydrogen-bond donors (Lipinski definition) is 1. The van der Waals surface area contributed by atoms with Crippen molar-refractivity contribution in [2.75, 3.05) is 7.11 Å². The zero-order valence-electron chi connectivity index (χ0n) is 11.4. The van der Waals surface area contributed by atoms with Gasteiger partial charge in [-0.3, -0.25) is 0 Å². The molecular formula is C15H11Cl2NO4. The van der Waals surface area contributed by atoms with E-state index in [-0.39, 0.29) is 17.0 Å². The molecule has 0 bridgehead atoms. The fraction of sp³-hybridized carbons (Fsp3) is 0.0667. The predicted octanol–water partition coefficient (Wildman–Crippen LogP) is 4.25. The van der Waals surface area contributed by atoms with Crippen molar-refractivity contribution in [3.63, 3.8) is 0 Å². The third-order valence-corrected chi connectivity index (χ3v) is 3.01. The Hall–Kier alpha value is -2.24. The highest BCUT2D eigenvalue weighted by Gasteiger charge is 2.17. The first-order chi connectivity index (χ1) is 10.5. The maximum absolute atomic E-state index is 11.3. The molecule has 1 heterocycles. The van der Waals surface area contributed by atoms with Crippen LogP contribution >= 0.6 is 23.2 Å². The number of carboxylic acid groups (broad SMARTS) is 1. The third kappa shape index (κ3) is 3.90. The van der Waals surface area contributed by atoms with Crippen LogP contribution in [0.5, 0.6) is 11.6 Å². The van der Waals surface area contributed by atoms with Gasteiger partial charge in [-0.1, -0.05) is 23.2 Å². The first-order valence-electron chi connectivity index (χ1n) is 6.07. The molecule has 2 rings (SSSR count). The Balaban J connectivity index is 2.44. The lowest BCUT2D eigenvalue weighted by molar-refractivity contribution is -0.130. The number of aromatic nitrogens is 1. The SMILES string of the molecule is CO/C=C(/C(=O)O)c1cccnc1Oc1cc(Cl)cc(Cl)c1. The minimum Gasteiger partial charge on any atom is -0.503 e. The number of pyridine rings is 1. The molecule has 0 aliphatic rings. The topological polar surface area (TPSA) is 68.7 Å². The number of rotatable bonds is 5. The van der Waals surface area contributed by atoms with Crippen molar-refractivity contribution >= 4 is 34.7 Å². The van der Waals surface area contributed by atoms with Crippen molar-refractivity contribution in [3.8, 4) is 11.6 Å². The van der Waals surface area contributed by atoms with E-state index in [2.05, 4.69) is 4.98 Å². The summed E-state index contributed by atoms with van der Waals surface area (Å²) in [5.74, 6) is -0.713. The Bertz CT molecular complexity index is 711. The van der Waals surface area contributed by atoms with Crippen molar-refractivity contribution < 1.29 is 19.4 Å². The number of ether oxygens (including phenoxy) is 2. The average Bonchev–Trinajstić information content (AvgIpc) is 2.44. The molecule has 22 heavy (non-hydrogen) atoms. The molecule has 114 valence electrons. The molecule has 0 saturated carbocycles. The normalized spacial score (nSPS) is 11.1. The quantitative estimate of drug-likeness (QED) is 0.651. The number of benzene rings is 1. The molecule has 1 N–H and O–H groups in total. The number of methoxy groups -OCH3 is 1. The molecule has 0 aliphatic heterocycles. The number of carboxylic acids is 1. The summed E-state index contributed by atoms with van der Waals surface area (Å²) in [6.45, 7) is 0. The molecular weight excluding hydrogens is 329 g/mol. The van der Waals surface area contributed by atoms with Gasteiger partial charge in [0.2, 0.25) is 5.88 Å². The van der Waals surface area contributed by atoms with E-state index in [4.69, 9.17) is 32.7 Å². The van der Waals surface area contributed by atoms with Crippen LogP contribution in [0.1, 0.15) is 5.56 Å². The monoisotopic (exact) mass is 339 g/mol. The highest BCUT2D eigenvalue weighted by atomic mass is 35.5. The van der Waals surface area contributed by atoms with Gasteiger partial charge in [-0.2, -0.15) is 0 Å². The van der Waals surface area contributed by atoms with Crippen LogP contribution in [0.2, 0.25) is 10.0 Å². The van der Waals surface area contributed by atoms with Gasteiger partial charge in [0, 0.05) is 16.2 Å². The number of hydrogen-bond acceptors (Lipinski definition) is 4. The molecule has 0 radical (unpaired) electrons. The Kier molecular flexibility index (Phi) is 5.25. The van der Waals surface area contributed by atoms with Gasteiger partial charge in [0.15, 0.2) is 0 Å². The van der Waals surface area contributed by atoms with Crippen LogP contribution in [-0.4, -0.2) is 23.2 Å². The Morgan fingerprint density at radius 1 is 1.27 bits per heavy atom. The van der Waals surface area contributed by atoms with Gasteiger partial charge in [-0.15, -0.1) is 0 Å². The van der Waals surface area contributed by atoms with Crippen LogP contribution in [-0.2, 0) is 9.53 Å². The number of nitrogens with zero attached hydrogens (tertiary/aromatic N) is 1. The smallest absolute Gasteiger partial charge is 0.339 e. The lowest BCUT2D eigenvalue weighted by Gasteiger charge is -2.10. The molecule has 1 aromatic heterocycles. The summed E-state index contributed by atoms with van der Waals surface area (Å²) in [6.07, 6.45) is 2.59. The summed E-state index contributed by atoms with van der Waals surface area (Å²) in [6, 6.07) is 7.81. The largest absolute Gasteiger partial charge is 0.503 e. The summed E-state index contributed by atoms with van der Waals surface area (Å²) in [7, 11) is 1.36. The van der Waals surface area contributed by atoms with Crippen molar-refractivity contribution in [2.24, 2.45) is 0 Å². The van der Waals surface area contributed by atoms with Crippen LogP contribution in [0.25, 0.3) is 5.57 Å². The zero-order valence-corrected chi connectivity index (χ0v) is 12.9. The number of carbonyl (C=O) groups is 1. The van der Waals surface area contributed by atoms with Gasteiger partial charge in [0.05, 0.1) is 18.9 Å². The zero-order chi connectivity index (χ0) is 16.1. The molecule has 1 aromatic carbocycles. The minimum atomic E-state index is -1.16. The van der Waals surface area contributed by atoms with Crippen molar-refractivity contribution in [1.29, 1.82) is 0 Å². The number of halogens is 2. The highest BCUT2D eigenvalue weighted by Crippen LogP contribution is 2.31. The summed E-state index contributed by atoms with van der Waals surface area (Å²) in [4.78, 5) is 15.4. The first-order valence-corrected chi connectivity index (χ1v) is 6.82. The van der Waals surface area contributed by atoms with Crippen molar-refractivity contribution in [2.45, 2.75) is 0 Å². The average molecular weight is 340 g/mol. The fourth-order valence-electron chi connectivity index (χ4n) is 1.72. The second kappa shape index (κ2) is 7.15. The standard InChI is InChI=1S/C15H11Cl2NO4/c1-21-8-13(15(19)20)12-3-2-4-18-14(12)22-11-6-9(16)5-10(17)7-11/h2-8H,1H3,(H,19,20)/b13-8+. The van der Waals surface area contributed by atoms with Gasteiger partial charge < -0.3 is 14.6 Å². The lowest BCUT2D eigenvalue weighted by atomic mass is 10.1. The molecule has 0 aliphatic carbocycles. The van der Waals surface area contributed by atoms with E-state index >= 15 is 0 Å². The first kappa shape index (κ1) is 16.1. The van der Waals surface area contributed by atoms with Gasteiger partial charge >= 0.3 is 5.97 Å². The van der Waals surface area contributed by atoms with Gasteiger partial charge in [-0.25, -0.2) is 9.78 Å². The van der Waals surface area contributed by atoms with Crippen LogP contribution in [0, 0.1) is 0 Å².